The normalized spacial score (nSPS) is 21.8. The molecule has 1 unspecified atom stereocenters. The first-order chi connectivity index (χ1) is 10.0. The molecular weight excluding hydrogens is 268 g/mol. The van der Waals surface area contributed by atoms with Crippen molar-refractivity contribution in [2.24, 2.45) is 0 Å². The summed E-state index contributed by atoms with van der Waals surface area (Å²) in [4.78, 5) is 8.25. The minimum atomic E-state index is -0.851. The second-order valence-electron chi connectivity index (χ2n) is 5.45. The highest BCUT2D eigenvalue weighted by molar-refractivity contribution is 6.02. The summed E-state index contributed by atoms with van der Waals surface area (Å²) >= 11 is 0. The van der Waals surface area contributed by atoms with Crippen molar-refractivity contribution in [3.63, 3.8) is 0 Å². The van der Waals surface area contributed by atoms with Crippen LogP contribution in [0.2, 0.25) is 0 Å². The van der Waals surface area contributed by atoms with Crippen molar-refractivity contribution >= 4 is 5.71 Å². The monoisotopic (exact) mass is 284 g/mol. The van der Waals surface area contributed by atoms with E-state index in [1.54, 1.807) is 56.7 Å². The van der Waals surface area contributed by atoms with Gasteiger partial charge in [0.25, 0.3) is 6.17 Å². The summed E-state index contributed by atoms with van der Waals surface area (Å²) in [6.45, 7) is 3.58. The Bertz CT molecular complexity index is 671. The van der Waals surface area contributed by atoms with Crippen molar-refractivity contribution in [1.82, 2.24) is 15.0 Å². The molecule has 1 aliphatic rings. The van der Waals surface area contributed by atoms with Crippen LogP contribution >= 0.6 is 0 Å². The van der Waals surface area contributed by atoms with E-state index in [1.807, 2.05) is 6.07 Å². The van der Waals surface area contributed by atoms with Crippen LogP contribution in [0.4, 0.5) is 0 Å². The fraction of sp³-hybridized carbons (Fsp3) is 0.267. The molecule has 21 heavy (non-hydrogen) atoms. The van der Waals surface area contributed by atoms with Crippen molar-refractivity contribution in [2.45, 2.75) is 25.6 Å². The van der Waals surface area contributed by atoms with Crippen LogP contribution in [0.15, 0.2) is 48.9 Å². The Morgan fingerprint density at radius 2 is 2.05 bits per heavy atom. The highest BCUT2D eigenvalue weighted by Gasteiger charge is 2.53. The van der Waals surface area contributed by atoms with Crippen molar-refractivity contribution in [2.75, 3.05) is 0 Å². The average Bonchev–Trinajstić information content (AvgIpc) is 2.67. The van der Waals surface area contributed by atoms with Gasteiger partial charge < -0.3 is 10.4 Å². The lowest BCUT2D eigenvalue weighted by Gasteiger charge is -2.25. The summed E-state index contributed by atoms with van der Waals surface area (Å²) in [6.07, 6.45) is 4.01. The van der Waals surface area contributed by atoms with Gasteiger partial charge in [-0.1, -0.05) is 6.07 Å². The number of hydrogen-bond donors (Lipinski definition) is 1. The first-order valence-electron chi connectivity index (χ1n) is 6.67. The smallest absolute Gasteiger partial charge is 0.269 e. The number of aromatic nitrogens is 2. The molecule has 3 rings (SSSR count). The van der Waals surface area contributed by atoms with Crippen molar-refractivity contribution < 1.29 is 9.95 Å². The Labute approximate surface area is 122 Å². The second kappa shape index (κ2) is 4.91. The van der Waals surface area contributed by atoms with E-state index in [0.717, 1.165) is 9.80 Å². The summed E-state index contributed by atoms with van der Waals surface area (Å²) in [7, 11) is 0. The van der Waals surface area contributed by atoms with E-state index in [-0.39, 0.29) is 0 Å². The number of hydrogen-bond acceptors (Lipinski definition) is 5. The van der Waals surface area contributed by atoms with E-state index >= 15 is 0 Å². The van der Waals surface area contributed by atoms with Gasteiger partial charge in [0, 0.05) is 18.6 Å². The zero-order chi connectivity index (χ0) is 15.0. The zero-order valence-corrected chi connectivity index (χ0v) is 11.8. The van der Waals surface area contributed by atoms with Gasteiger partial charge in [-0.3, -0.25) is 9.97 Å². The molecule has 0 fully saturated rings. The lowest BCUT2D eigenvalue weighted by Crippen LogP contribution is -2.44. The minimum absolute atomic E-state index is 0.430. The van der Waals surface area contributed by atoms with Crippen LogP contribution in [-0.2, 0) is 0 Å². The largest absolute Gasteiger partial charge is 0.622 e. The molecule has 3 heterocycles. The first-order valence-corrected chi connectivity index (χ1v) is 6.67. The van der Waals surface area contributed by atoms with Crippen molar-refractivity contribution in [3.8, 4) is 0 Å². The number of pyridine rings is 2. The van der Waals surface area contributed by atoms with E-state index < -0.39 is 11.7 Å². The van der Waals surface area contributed by atoms with Gasteiger partial charge in [-0.25, -0.2) is 0 Å². The molecule has 0 amide bonds. The van der Waals surface area contributed by atoms with Crippen LogP contribution in [0.1, 0.15) is 31.3 Å². The Balaban J connectivity index is 2.15. The summed E-state index contributed by atoms with van der Waals surface area (Å²) in [5.74, 6) is 0. The molecule has 0 saturated carbocycles. The number of hydroxylamine groups is 3. The van der Waals surface area contributed by atoms with Gasteiger partial charge in [0.15, 0.2) is 0 Å². The van der Waals surface area contributed by atoms with E-state index in [2.05, 4.69) is 9.97 Å². The summed E-state index contributed by atoms with van der Waals surface area (Å²) in [6, 6.07) is 8.88. The quantitative estimate of drug-likeness (QED) is 0.674. The van der Waals surface area contributed by atoms with Crippen LogP contribution in [0.25, 0.3) is 0 Å². The second-order valence-corrected chi connectivity index (χ2v) is 5.45. The standard InChI is InChI=1S/C15H16N4O2/c1-15(2)13(12-7-3-4-9-17-12)18(20)14(19(15)21)11-6-5-8-16-10-11/h3-10,14,21H,1-2H3. The van der Waals surface area contributed by atoms with Crippen LogP contribution in [0.5, 0.6) is 0 Å². The molecule has 6 heteroatoms. The molecule has 6 nitrogen and oxygen atoms in total. The maximum atomic E-state index is 12.7. The van der Waals surface area contributed by atoms with Gasteiger partial charge in [0.2, 0.25) is 5.71 Å². The molecule has 2 aromatic rings. The fourth-order valence-electron chi connectivity index (χ4n) is 2.64. The van der Waals surface area contributed by atoms with Gasteiger partial charge in [0.05, 0.1) is 5.56 Å². The van der Waals surface area contributed by atoms with Gasteiger partial charge in [-0.15, -0.1) is 5.06 Å². The van der Waals surface area contributed by atoms with Gasteiger partial charge in [0.1, 0.15) is 11.2 Å². The SMILES string of the molecule is CC1(C)C(c2ccccn2)=[N+]([O-])C(c2cccnc2)N1O. The molecule has 0 radical (unpaired) electrons. The third-order valence-electron chi connectivity index (χ3n) is 3.72. The lowest BCUT2D eigenvalue weighted by molar-refractivity contribution is -0.544. The van der Waals surface area contributed by atoms with Crippen molar-refractivity contribution in [3.05, 3.63) is 65.4 Å². The van der Waals surface area contributed by atoms with Gasteiger partial charge >= 0.3 is 0 Å². The average molecular weight is 284 g/mol. The lowest BCUT2D eigenvalue weighted by atomic mass is 9.96. The first kappa shape index (κ1) is 13.7. The summed E-state index contributed by atoms with van der Waals surface area (Å²) < 4.78 is 0.805. The predicted octanol–water partition coefficient (Wildman–Crippen LogP) is 1.96. The molecule has 1 atom stereocenters. The van der Waals surface area contributed by atoms with E-state index in [9.17, 15) is 10.4 Å². The molecule has 108 valence electrons. The maximum absolute atomic E-state index is 12.7. The zero-order valence-electron chi connectivity index (χ0n) is 11.8. The van der Waals surface area contributed by atoms with E-state index in [1.165, 1.54) is 0 Å². The Hall–Kier alpha value is -2.31. The Morgan fingerprint density at radius 1 is 1.24 bits per heavy atom. The van der Waals surface area contributed by atoms with E-state index in [4.69, 9.17) is 0 Å². The minimum Gasteiger partial charge on any atom is -0.622 e. The van der Waals surface area contributed by atoms with Crippen LogP contribution in [0, 0.1) is 5.21 Å². The molecule has 0 saturated heterocycles. The predicted molar refractivity (Wildman–Crippen MR) is 76.7 cm³/mol. The molecule has 0 spiro atoms. The van der Waals surface area contributed by atoms with E-state index in [0.29, 0.717) is 17.0 Å². The highest BCUT2D eigenvalue weighted by atomic mass is 16.5. The summed E-state index contributed by atoms with van der Waals surface area (Å²) in [5, 5.41) is 24.3. The highest BCUT2D eigenvalue weighted by Crippen LogP contribution is 2.35. The van der Waals surface area contributed by atoms with Gasteiger partial charge in [-0.05, 0) is 38.1 Å². The summed E-state index contributed by atoms with van der Waals surface area (Å²) in [5.41, 5.74) is 0.771. The number of rotatable bonds is 2. The molecule has 1 aliphatic heterocycles. The Kier molecular flexibility index (Phi) is 3.19. The fourth-order valence-corrected chi connectivity index (χ4v) is 2.64. The molecule has 1 N–H and O–H groups in total. The van der Waals surface area contributed by atoms with Gasteiger partial charge in [-0.2, -0.15) is 4.74 Å². The Morgan fingerprint density at radius 3 is 2.67 bits per heavy atom. The topological polar surface area (TPSA) is 75.3 Å². The van der Waals surface area contributed by atoms with Crippen LogP contribution in [-0.4, -0.2) is 36.2 Å². The molecule has 2 aromatic heterocycles. The molecule has 0 aliphatic carbocycles. The van der Waals surface area contributed by atoms with Crippen LogP contribution in [0.3, 0.4) is 0 Å². The van der Waals surface area contributed by atoms with Crippen molar-refractivity contribution in [1.29, 1.82) is 0 Å². The van der Waals surface area contributed by atoms with Crippen LogP contribution < -0.4 is 0 Å². The molecular formula is C15H16N4O2. The number of nitrogens with zero attached hydrogens (tertiary/aromatic N) is 4. The molecule has 0 aromatic carbocycles. The third kappa shape index (κ3) is 2.09. The third-order valence-corrected chi connectivity index (χ3v) is 3.72. The molecule has 0 bridgehead atoms. The maximum Gasteiger partial charge on any atom is 0.269 e.